The van der Waals surface area contributed by atoms with Gasteiger partial charge in [0.1, 0.15) is 12.2 Å². The molecule has 0 saturated carbocycles. The summed E-state index contributed by atoms with van der Waals surface area (Å²) >= 11 is 23.1. The molecule has 4 rings (SSSR count). The molecule has 272 valence electrons. The van der Waals surface area contributed by atoms with Gasteiger partial charge in [0.15, 0.2) is 21.4 Å². The first kappa shape index (κ1) is 44.4. The molecule has 2 aliphatic rings. The molecule has 2 N–H and O–H groups in total. The summed E-state index contributed by atoms with van der Waals surface area (Å²) in [6.45, 7) is 0. The molecule has 0 aromatic heterocycles. The van der Waals surface area contributed by atoms with Gasteiger partial charge in [-0.25, -0.2) is 0 Å². The molecule has 0 heterocycles. The standard InChI is InChI=1S/2C14H11Cl2N5O4.2ClH.Zn/c2*1-24-12-6-11(13(25-2)5-10(12)18-17)19-20-14-8(15)3-7(21(22)23)4-9(14)16;;;/h2*3-6,20H,1-2H3;2*1H;/q2*+2;;;+2/p-2. The Hall–Kier alpha value is -4.72. The maximum absolute atomic E-state index is 10.8. The number of hydrazone groups is 2. The second-order valence-corrected chi connectivity index (χ2v) is 15.5. The third-order valence-corrected chi connectivity index (χ3v) is 7.42. The molecule has 2 aliphatic carbocycles. The van der Waals surface area contributed by atoms with Gasteiger partial charge in [-0.2, -0.15) is 10.2 Å². The number of halogens is 6. The van der Waals surface area contributed by atoms with E-state index >= 15 is 0 Å². The summed E-state index contributed by atoms with van der Waals surface area (Å²) in [5.74, 6) is 1.08. The molecule has 2 aromatic rings. The van der Waals surface area contributed by atoms with E-state index in [1.807, 2.05) is 0 Å². The van der Waals surface area contributed by atoms with Crippen molar-refractivity contribution >= 4 is 112 Å². The van der Waals surface area contributed by atoms with E-state index in [4.69, 9.17) is 94.9 Å². The zero-order valence-corrected chi connectivity index (χ0v) is 34.9. The molecule has 0 spiro atoms. The summed E-state index contributed by atoms with van der Waals surface area (Å²) in [6, 6.07) is 4.60. The third kappa shape index (κ3) is 12.2. The van der Waals surface area contributed by atoms with Gasteiger partial charge >= 0.3 is 57.5 Å². The predicted molar refractivity (Wildman–Crippen MR) is 198 cm³/mol. The Morgan fingerprint density at radius 3 is 1.23 bits per heavy atom. The molecular weight excluding hydrogens is 882 g/mol. The van der Waals surface area contributed by atoms with E-state index in [-0.39, 0.29) is 77.3 Å². The van der Waals surface area contributed by atoms with E-state index in [0.29, 0.717) is 11.4 Å². The molecule has 0 saturated heterocycles. The number of benzene rings is 2. The van der Waals surface area contributed by atoms with Crippen LogP contribution in [-0.2, 0) is 33.5 Å². The predicted octanol–water partition coefficient (Wildman–Crippen LogP) is 8.75. The first-order valence-electron chi connectivity index (χ1n) is 13.8. The van der Waals surface area contributed by atoms with Crippen LogP contribution in [0.2, 0.25) is 20.1 Å². The Balaban J connectivity index is 0.000000341. The van der Waals surface area contributed by atoms with Crippen LogP contribution in [0.1, 0.15) is 0 Å². The number of carbonyl (C=O) groups excluding carboxylic acids is 2. The molecule has 0 bridgehead atoms. The van der Waals surface area contributed by atoms with Gasteiger partial charge in [0.2, 0.25) is 22.3 Å². The minimum absolute atomic E-state index is 0.0239. The number of nitrogens with zero attached hydrogens (tertiary/aromatic N) is 8. The van der Waals surface area contributed by atoms with Crippen molar-refractivity contribution in [3.63, 3.8) is 0 Å². The Morgan fingerprint density at radius 2 is 1.00 bits per heavy atom. The first-order valence-corrected chi connectivity index (χ1v) is 23.1. The number of methoxy groups -OCH3 is 2. The number of ether oxygens (including phenoxy) is 2. The molecule has 25 heteroatoms. The average molecular weight is 905 g/mol. The molecule has 0 unspecified atom stereocenters. The fraction of sp³-hybridized carbons (Fsp3) is 0.143. The summed E-state index contributed by atoms with van der Waals surface area (Å²) in [5, 5.41) is 47.8. The first-order chi connectivity index (χ1) is 25.2. The van der Waals surface area contributed by atoms with E-state index in [1.165, 1.54) is 52.7 Å². The monoisotopic (exact) mass is 900 g/mol. The van der Waals surface area contributed by atoms with Crippen LogP contribution in [0.25, 0.3) is 9.95 Å². The van der Waals surface area contributed by atoms with E-state index in [0.717, 1.165) is 24.3 Å². The number of diazo groups is 2. The van der Waals surface area contributed by atoms with E-state index in [9.17, 15) is 20.2 Å². The van der Waals surface area contributed by atoms with Crippen molar-refractivity contribution < 1.29 is 43.3 Å². The normalized spacial score (nSPS) is 16.2. The average Bonchev–Trinajstić information content (AvgIpc) is 3.13. The number of nitrogens with one attached hydrogen (secondary N) is 2. The Bertz CT molecular complexity index is 1930. The van der Waals surface area contributed by atoms with Crippen molar-refractivity contribution in [3.8, 4) is 0 Å². The fourth-order valence-electron chi connectivity index (χ4n) is 3.84. The van der Waals surface area contributed by atoms with Gasteiger partial charge in [0, 0.05) is 36.4 Å². The number of hydrogen-bond donors (Lipinski definition) is 2. The van der Waals surface area contributed by atoms with Gasteiger partial charge in [0.25, 0.3) is 25.6 Å². The molecule has 0 radical (unpaired) electrons. The summed E-state index contributed by atoms with van der Waals surface area (Å²) in [5.41, 5.74) is 6.08. The topological polar surface area (TPSA) is 232 Å². The molecule has 18 nitrogen and oxygen atoms in total. The van der Waals surface area contributed by atoms with Crippen molar-refractivity contribution in [3.05, 3.63) is 122 Å². The van der Waals surface area contributed by atoms with Crippen LogP contribution in [0.3, 0.4) is 0 Å². The van der Waals surface area contributed by atoms with Crippen LogP contribution in [0.4, 0.5) is 22.7 Å². The van der Waals surface area contributed by atoms with Crippen LogP contribution in [-0.4, -0.2) is 61.3 Å². The maximum atomic E-state index is 10.8. The summed E-state index contributed by atoms with van der Waals surface area (Å²) < 4.78 is 20.5. The molecule has 0 fully saturated rings. The Kier molecular flexibility index (Phi) is 18.2. The van der Waals surface area contributed by atoms with E-state index in [2.05, 4.69) is 31.0 Å². The number of ketones is 2. The number of nitro groups is 2. The molecule has 0 aliphatic heterocycles. The van der Waals surface area contributed by atoms with Crippen LogP contribution >= 0.6 is 65.8 Å². The zero-order chi connectivity index (χ0) is 39.8. The summed E-state index contributed by atoms with van der Waals surface area (Å²) in [4.78, 5) is 26.6. The second kappa shape index (κ2) is 21.7. The van der Waals surface area contributed by atoms with E-state index in [1.54, 1.807) is 0 Å². The Morgan fingerprint density at radius 1 is 0.698 bits per heavy atom. The quantitative estimate of drug-likeness (QED) is 0.0638. The SMILES string of the molecule is COC1=CC(=NNc2c(Cl)cc([N+](=O)[O-])cc2Cl)C(=[O+]C)C=C1[N+]#N.COC1=CC(=NNc2c(Cl)cc([N+](=O)[O-])cc2Cl)C(=[O+]C)C=C1[N+]#N.[Cl][Zn][Cl]. The van der Waals surface area contributed by atoms with Crippen molar-refractivity contribution in [1.82, 2.24) is 0 Å². The number of non-ortho nitro benzene ring substituents is 2. The number of allylic oxidation sites excluding steroid dienone is 4. The zero-order valence-electron chi connectivity index (χ0n) is 27.4. The summed E-state index contributed by atoms with van der Waals surface area (Å²) in [6.07, 6.45) is 5.76. The molecule has 0 atom stereocenters. The van der Waals surface area contributed by atoms with Crippen molar-refractivity contribution in [2.45, 2.75) is 0 Å². The van der Waals surface area contributed by atoms with Gasteiger partial charge in [-0.15, -0.1) is 0 Å². The van der Waals surface area contributed by atoms with Gasteiger partial charge in [-0.05, 0) is 0 Å². The van der Waals surface area contributed by atoms with Crippen molar-refractivity contribution in [2.75, 3.05) is 39.3 Å². The minimum atomic E-state index is -0.931. The van der Waals surface area contributed by atoms with Gasteiger partial charge in [0.05, 0.1) is 55.5 Å². The van der Waals surface area contributed by atoms with Crippen LogP contribution in [0.15, 0.2) is 81.7 Å². The molecule has 53 heavy (non-hydrogen) atoms. The van der Waals surface area contributed by atoms with Crippen LogP contribution in [0.5, 0.6) is 0 Å². The van der Waals surface area contributed by atoms with Gasteiger partial charge < -0.3 is 9.47 Å². The van der Waals surface area contributed by atoms with Gasteiger partial charge in [-0.1, -0.05) is 46.4 Å². The number of nitro benzene ring substituents is 2. The van der Waals surface area contributed by atoms with Crippen molar-refractivity contribution in [1.29, 1.82) is 10.8 Å². The molecule has 2 aromatic carbocycles. The van der Waals surface area contributed by atoms with Crippen LogP contribution < -0.4 is 10.9 Å². The van der Waals surface area contributed by atoms with Crippen LogP contribution in [0, 0.1) is 31.0 Å². The second-order valence-electron chi connectivity index (χ2n) is 9.22. The number of rotatable bonds is 8. The van der Waals surface area contributed by atoms with Gasteiger partial charge in [-0.3, -0.25) is 39.9 Å². The molecule has 0 amide bonds. The Labute approximate surface area is 334 Å². The fourth-order valence-corrected chi connectivity index (χ4v) is 4.96. The van der Waals surface area contributed by atoms with Crippen molar-refractivity contribution in [2.24, 2.45) is 10.2 Å². The number of anilines is 2. The number of hydrogen-bond acceptors (Lipinski definition) is 12. The summed E-state index contributed by atoms with van der Waals surface area (Å²) in [7, 11) is 15.5. The molecular formula is C28H22Cl6N10O8Zn+4. The third-order valence-electron chi connectivity index (χ3n) is 6.23. The van der Waals surface area contributed by atoms with E-state index < -0.39 is 25.0 Å².